The van der Waals surface area contributed by atoms with Gasteiger partial charge in [0, 0.05) is 50.8 Å². The number of methoxy groups -OCH3 is 1. The van der Waals surface area contributed by atoms with Gasteiger partial charge in [0.1, 0.15) is 17.3 Å². The van der Waals surface area contributed by atoms with Gasteiger partial charge in [-0.1, -0.05) is 6.07 Å². The third-order valence-corrected chi connectivity index (χ3v) is 5.69. The molecule has 1 atom stereocenters. The van der Waals surface area contributed by atoms with Gasteiger partial charge in [-0.05, 0) is 35.9 Å². The molecule has 2 heterocycles. The summed E-state index contributed by atoms with van der Waals surface area (Å²) in [5, 5.41) is 2.82. The van der Waals surface area contributed by atoms with Crippen LogP contribution in [0.15, 0.2) is 36.4 Å². The fourth-order valence-corrected chi connectivity index (χ4v) is 4.01. The molecule has 0 saturated carbocycles. The number of amides is 2. The zero-order valence-electron chi connectivity index (χ0n) is 17.7. The summed E-state index contributed by atoms with van der Waals surface area (Å²) >= 11 is 0. The molecular weight excluding hydrogens is 401 g/mol. The molecule has 0 bridgehead atoms. The Kier molecular flexibility index (Phi) is 6.08. The van der Waals surface area contributed by atoms with E-state index < -0.39 is 6.10 Å². The molecule has 2 aromatic rings. The van der Waals surface area contributed by atoms with Crippen molar-refractivity contribution in [1.82, 2.24) is 15.1 Å². The first-order valence-electron chi connectivity index (χ1n) is 10.3. The third-order valence-electron chi connectivity index (χ3n) is 5.69. The number of carbonyl (C=O) groups excluding carboxylic acids is 2. The van der Waals surface area contributed by atoms with E-state index >= 15 is 0 Å². The lowest BCUT2D eigenvalue weighted by Crippen LogP contribution is -2.47. The van der Waals surface area contributed by atoms with Crippen molar-refractivity contribution in [2.75, 3.05) is 40.3 Å². The van der Waals surface area contributed by atoms with Crippen LogP contribution in [0.1, 0.15) is 12.0 Å². The fraction of sp³-hybridized carbons (Fsp3) is 0.391. The molecule has 2 fully saturated rings. The number of hydrogen-bond donors (Lipinski definition) is 1. The summed E-state index contributed by atoms with van der Waals surface area (Å²) in [7, 11) is 3.31. The first-order chi connectivity index (χ1) is 14.9. The molecule has 7 nitrogen and oxygen atoms in total. The Morgan fingerprint density at radius 1 is 1.13 bits per heavy atom. The van der Waals surface area contributed by atoms with Crippen LogP contribution in [0.25, 0.3) is 11.1 Å². The molecule has 0 aliphatic carbocycles. The summed E-state index contributed by atoms with van der Waals surface area (Å²) in [5.41, 5.74) is 2.24. The molecule has 4 rings (SSSR count). The van der Waals surface area contributed by atoms with Crippen molar-refractivity contribution >= 4 is 11.8 Å². The highest BCUT2D eigenvalue weighted by Gasteiger charge is 2.31. The van der Waals surface area contributed by atoms with Gasteiger partial charge in [0.25, 0.3) is 5.91 Å². The molecule has 2 saturated heterocycles. The molecule has 2 amide bonds. The Balaban J connectivity index is 1.68. The van der Waals surface area contributed by atoms with Crippen LogP contribution >= 0.6 is 0 Å². The quantitative estimate of drug-likeness (QED) is 0.764. The predicted molar refractivity (Wildman–Crippen MR) is 113 cm³/mol. The highest BCUT2D eigenvalue weighted by Crippen LogP contribution is 2.35. The number of nitrogens with one attached hydrogen (secondary N) is 1. The average Bonchev–Trinajstić information content (AvgIpc) is 3.07. The highest BCUT2D eigenvalue weighted by molar-refractivity contribution is 5.83. The minimum atomic E-state index is -0.525. The molecule has 1 N–H and O–H groups in total. The molecule has 164 valence electrons. The number of carbonyl (C=O) groups is 2. The largest absolute Gasteiger partial charge is 0.496 e. The lowest BCUT2D eigenvalue weighted by Gasteiger charge is -2.27. The van der Waals surface area contributed by atoms with Crippen molar-refractivity contribution in [2.45, 2.75) is 19.1 Å². The normalized spacial score (nSPS) is 19.5. The summed E-state index contributed by atoms with van der Waals surface area (Å²) in [6.07, 6.45) is 0.100. The third kappa shape index (κ3) is 4.64. The maximum Gasteiger partial charge on any atom is 0.263 e. The second kappa shape index (κ2) is 8.93. The Labute approximate surface area is 180 Å². The van der Waals surface area contributed by atoms with Crippen molar-refractivity contribution in [3.05, 3.63) is 47.8 Å². The predicted octanol–water partition coefficient (Wildman–Crippen LogP) is 2.04. The van der Waals surface area contributed by atoms with Gasteiger partial charge in [0.15, 0.2) is 6.10 Å². The Morgan fingerprint density at radius 2 is 1.94 bits per heavy atom. The van der Waals surface area contributed by atoms with E-state index in [1.54, 1.807) is 25.1 Å². The molecule has 0 aromatic heterocycles. The van der Waals surface area contributed by atoms with E-state index in [0.29, 0.717) is 49.7 Å². The van der Waals surface area contributed by atoms with Gasteiger partial charge in [0.05, 0.1) is 13.7 Å². The first-order valence-corrected chi connectivity index (χ1v) is 10.3. The van der Waals surface area contributed by atoms with Gasteiger partial charge in [0.2, 0.25) is 5.91 Å². The number of piperazine rings is 1. The van der Waals surface area contributed by atoms with Gasteiger partial charge in [-0.2, -0.15) is 0 Å². The van der Waals surface area contributed by atoms with Gasteiger partial charge in [-0.15, -0.1) is 0 Å². The van der Waals surface area contributed by atoms with Gasteiger partial charge >= 0.3 is 0 Å². The molecule has 2 aromatic carbocycles. The molecule has 8 heteroatoms. The second-order valence-corrected chi connectivity index (χ2v) is 7.88. The van der Waals surface area contributed by atoms with Crippen LogP contribution in [-0.4, -0.2) is 68.1 Å². The van der Waals surface area contributed by atoms with Gasteiger partial charge in [-0.3, -0.25) is 14.5 Å². The lowest BCUT2D eigenvalue weighted by molar-refractivity contribution is -0.132. The summed E-state index contributed by atoms with van der Waals surface area (Å²) in [6, 6.07) is 9.95. The van der Waals surface area contributed by atoms with Crippen molar-refractivity contribution in [2.24, 2.45) is 0 Å². The Bertz CT molecular complexity index is 997. The van der Waals surface area contributed by atoms with Gasteiger partial charge < -0.3 is 19.7 Å². The summed E-state index contributed by atoms with van der Waals surface area (Å²) in [5.74, 6) is 0.734. The maximum absolute atomic E-state index is 13.9. The lowest BCUT2D eigenvalue weighted by atomic mass is 10.0. The van der Waals surface area contributed by atoms with E-state index in [-0.39, 0.29) is 24.2 Å². The van der Waals surface area contributed by atoms with Crippen molar-refractivity contribution in [3.8, 4) is 22.6 Å². The number of ether oxygens (including phenoxy) is 2. The number of likely N-dealkylation sites (N-methyl/N-ethyl adjacent to an activating group) is 1. The average molecular weight is 427 g/mol. The molecule has 0 spiro atoms. The van der Waals surface area contributed by atoms with E-state index in [1.165, 1.54) is 12.1 Å². The molecule has 2 aliphatic heterocycles. The molecule has 2 aliphatic rings. The van der Waals surface area contributed by atoms with Crippen LogP contribution in [0.5, 0.6) is 11.5 Å². The van der Waals surface area contributed by atoms with E-state index in [2.05, 4.69) is 5.32 Å². The van der Waals surface area contributed by atoms with Crippen LogP contribution < -0.4 is 14.8 Å². The smallest absolute Gasteiger partial charge is 0.263 e. The SMILES string of the molecule is COc1ccc(F)cc1-c1ccc(OC2CCN(C)C2=O)c(CN2CCNC(=O)C2)c1. The topological polar surface area (TPSA) is 71.1 Å². The van der Waals surface area contributed by atoms with Crippen molar-refractivity contribution < 1.29 is 23.5 Å². The number of nitrogens with zero attached hydrogens (tertiary/aromatic N) is 2. The maximum atomic E-state index is 13.9. The van der Waals surface area contributed by atoms with Crippen molar-refractivity contribution in [3.63, 3.8) is 0 Å². The van der Waals surface area contributed by atoms with Crippen molar-refractivity contribution in [1.29, 1.82) is 0 Å². The van der Waals surface area contributed by atoms with E-state index in [0.717, 1.165) is 11.1 Å². The van der Waals surface area contributed by atoms with Crippen LogP contribution in [0, 0.1) is 5.82 Å². The zero-order chi connectivity index (χ0) is 22.0. The first kappa shape index (κ1) is 21.1. The number of rotatable bonds is 6. The van der Waals surface area contributed by atoms with Crippen LogP contribution in [0.4, 0.5) is 4.39 Å². The zero-order valence-corrected chi connectivity index (χ0v) is 17.7. The second-order valence-electron chi connectivity index (χ2n) is 7.88. The van der Waals surface area contributed by atoms with Crippen LogP contribution in [-0.2, 0) is 16.1 Å². The fourth-order valence-electron chi connectivity index (χ4n) is 4.01. The van der Waals surface area contributed by atoms with E-state index in [1.807, 2.05) is 23.1 Å². The Hall–Kier alpha value is -3.13. The monoisotopic (exact) mass is 427 g/mol. The molecule has 0 radical (unpaired) electrons. The van der Waals surface area contributed by atoms with E-state index in [9.17, 15) is 14.0 Å². The standard InChI is InChI=1S/C23H26FN3O4/c1-26-9-7-21(23(26)29)31-19-5-3-15(18-12-17(24)4-6-20(18)30-2)11-16(19)13-27-10-8-25-22(28)14-27/h3-6,11-12,21H,7-10,13-14H2,1-2H3,(H,25,28). The summed E-state index contributed by atoms with van der Waals surface area (Å²) in [6.45, 7) is 2.72. The minimum Gasteiger partial charge on any atom is -0.496 e. The highest BCUT2D eigenvalue weighted by atomic mass is 19.1. The minimum absolute atomic E-state index is 0.0238. The number of hydrogen-bond acceptors (Lipinski definition) is 5. The molecular formula is C23H26FN3O4. The number of likely N-dealkylation sites (tertiary alicyclic amines) is 1. The Morgan fingerprint density at radius 3 is 2.65 bits per heavy atom. The number of halogens is 1. The summed E-state index contributed by atoms with van der Waals surface area (Å²) in [4.78, 5) is 27.8. The molecule has 31 heavy (non-hydrogen) atoms. The van der Waals surface area contributed by atoms with E-state index in [4.69, 9.17) is 9.47 Å². The van der Waals surface area contributed by atoms with Crippen LogP contribution in [0.3, 0.4) is 0 Å². The van der Waals surface area contributed by atoms with Crippen LogP contribution in [0.2, 0.25) is 0 Å². The summed E-state index contributed by atoms with van der Waals surface area (Å²) < 4.78 is 25.5. The van der Waals surface area contributed by atoms with Gasteiger partial charge in [-0.25, -0.2) is 4.39 Å². The molecule has 1 unspecified atom stereocenters. The number of benzene rings is 2.